The smallest absolute Gasteiger partial charge is 0.354 e. The Hall–Kier alpha value is -2.67. The minimum absolute atomic E-state index is 0.00960. The van der Waals surface area contributed by atoms with Gasteiger partial charge in [0.1, 0.15) is 5.69 Å². The molecule has 1 N–H and O–H groups in total. The maximum atomic E-state index is 11.8. The molecule has 0 saturated heterocycles. The third kappa shape index (κ3) is 3.62. The van der Waals surface area contributed by atoms with Crippen LogP contribution in [0.25, 0.3) is 10.9 Å². The van der Waals surface area contributed by atoms with Crippen molar-refractivity contribution in [2.24, 2.45) is 0 Å². The van der Waals surface area contributed by atoms with E-state index < -0.39 is 15.8 Å². The Morgan fingerprint density at radius 3 is 2.62 bits per heavy atom. The van der Waals surface area contributed by atoms with Crippen LogP contribution in [0.3, 0.4) is 0 Å². The topological polar surface area (TPSA) is 89.3 Å². The fourth-order valence-corrected chi connectivity index (χ4v) is 3.69. The Morgan fingerprint density at radius 2 is 1.96 bits per heavy atom. The standard InChI is InChI=1S/C19H20N2O4S/c1-3-5-15-10-13-11-16(26(2,24)25)8-9-18(13)21(15)12-14-6-4-7-17(20-14)19(22)23/h4,6-11H,3,5,12H2,1-2H3,(H,22,23). The van der Waals surface area contributed by atoms with E-state index >= 15 is 0 Å². The number of carbonyl (C=O) groups is 1. The fraction of sp³-hybridized carbons (Fsp3) is 0.263. The molecule has 0 fully saturated rings. The predicted octanol–water partition coefficient (Wildman–Crippen LogP) is 3.14. The maximum absolute atomic E-state index is 11.8. The van der Waals surface area contributed by atoms with Crippen molar-refractivity contribution in [2.75, 3.05) is 6.26 Å². The van der Waals surface area contributed by atoms with Crippen molar-refractivity contribution in [2.45, 2.75) is 31.2 Å². The molecule has 0 bridgehead atoms. The number of carboxylic acids is 1. The van der Waals surface area contributed by atoms with E-state index in [0.29, 0.717) is 12.2 Å². The average Bonchev–Trinajstić information content (AvgIpc) is 2.91. The molecule has 1 aromatic carbocycles. The largest absolute Gasteiger partial charge is 0.477 e. The van der Waals surface area contributed by atoms with Gasteiger partial charge in [-0.25, -0.2) is 18.2 Å². The minimum atomic E-state index is -3.27. The maximum Gasteiger partial charge on any atom is 0.354 e. The number of pyridine rings is 1. The Morgan fingerprint density at radius 1 is 1.19 bits per heavy atom. The second kappa shape index (κ2) is 6.92. The summed E-state index contributed by atoms with van der Waals surface area (Å²) in [7, 11) is -3.27. The van der Waals surface area contributed by atoms with Gasteiger partial charge in [0.2, 0.25) is 0 Å². The van der Waals surface area contributed by atoms with Crippen LogP contribution in [0, 0.1) is 0 Å². The number of aromatic carboxylic acids is 1. The van der Waals surface area contributed by atoms with E-state index in [2.05, 4.69) is 16.5 Å². The number of hydrogen-bond donors (Lipinski definition) is 1. The molecule has 6 nitrogen and oxygen atoms in total. The molecule has 0 amide bonds. The molecule has 7 heteroatoms. The molecule has 0 radical (unpaired) electrons. The summed E-state index contributed by atoms with van der Waals surface area (Å²) >= 11 is 0. The zero-order valence-electron chi connectivity index (χ0n) is 14.6. The van der Waals surface area contributed by atoms with Crippen molar-refractivity contribution in [3.05, 3.63) is 59.5 Å². The van der Waals surface area contributed by atoms with Crippen molar-refractivity contribution in [3.63, 3.8) is 0 Å². The highest BCUT2D eigenvalue weighted by atomic mass is 32.2. The molecule has 0 atom stereocenters. The van der Waals surface area contributed by atoms with Crippen LogP contribution in [0.15, 0.2) is 47.4 Å². The molecule has 0 saturated carbocycles. The summed E-state index contributed by atoms with van der Waals surface area (Å²) < 4.78 is 25.7. The zero-order valence-corrected chi connectivity index (χ0v) is 15.5. The van der Waals surface area contributed by atoms with Crippen LogP contribution in [0.1, 0.15) is 35.2 Å². The van der Waals surface area contributed by atoms with Gasteiger partial charge in [-0.2, -0.15) is 0 Å². The highest BCUT2D eigenvalue weighted by Gasteiger charge is 2.14. The third-order valence-electron chi connectivity index (χ3n) is 4.24. The van der Waals surface area contributed by atoms with Gasteiger partial charge in [-0.3, -0.25) is 0 Å². The quantitative estimate of drug-likeness (QED) is 0.718. The highest BCUT2D eigenvalue weighted by Crippen LogP contribution is 2.25. The van der Waals surface area contributed by atoms with Gasteiger partial charge in [0.05, 0.1) is 17.1 Å². The van der Waals surface area contributed by atoms with E-state index in [9.17, 15) is 13.2 Å². The molecule has 2 aromatic heterocycles. The van der Waals surface area contributed by atoms with Gasteiger partial charge in [-0.05, 0) is 42.8 Å². The molecule has 3 aromatic rings. The summed E-state index contributed by atoms with van der Waals surface area (Å²) in [5, 5.41) is 9.98. The molecule has 0 aliphatic heterocycles. The molecular formula is C19H20N2O4S. The van der Waals surface area contributed by atoms with Gasteiger partial charge in [0.15, 0.2) is 9.84 Å². The number of aromatic nitrogens is 2. The van der Waals surface area contributed by atoms with Gasteiger partial charge in [-0.15, -0.1) is 0 Å². The first-order valence-electron chi connectivity index (χ1n) is 8.31. The number of carboxylic acid groups (broad SMARTS) is 1. The number of sulfone groups is 1. The van der Waals surface area contributed by atoms with E-state index in [-0.39, 0.29) is 10.6 Å². The third-order valence-corrected chi connectivity index (χ3v) is 5.35. The molecule has 0 aliphatic carbocycles. The molecule has 0 spiro atoms. The Kier molecular flexibility index (Phi) is 4.82. The van der Waals surface area contributed by atoms with E-state index in [4.69, 9.17) is 5.11 Å². The summed E-state index contributed by atoms with van der Waals surface area (Å²) in [4.78, 5) is 15.6. The second-order valence-corrected chi connectivity index (χ2v) is 8.30. The van der Waals surface area contributed by atoms with E-state index in [1.807, 2.05) is 6.07 Å². The summed E-state index contributed by atoms with van der Waals surface area (Å²) in [6, 6.07) is 12.0. The molecule has 3 rings (SSSR count). The first-order valence-corrected chi connectivity index (χ1v) is 10.2. The normalized spacial score (nSPS) is 11.8. The minimum Gasteiger partial charge on any atom is -0.477 e. The molecule has 2 heterocycles. The highest BCUT2D eigenvalue weighted by molar-refractivity contribution is 7.90. The number of aryl methyl sites for hydroxylation is 1. The number of fused-ring (bicyclic) bond motifs is 1. The number of hydrogen-bond acceptors (Lipinski definition) is 4. The van der Waals surface area contributed by atoms with Gasteiger partial charge in [-0.1, -0.05) is 19.4 Å². The Labute approximate surface area is 152 Å². The lowest BCUT2D eigenvalue weighted by Gasteiger charge is -2.11. The summed E-state index contributed by atoms with van der Waals surface area (Å²) in [6.07, 6.45) is 2.97. The molecule has 0 aliphatic rings. The van der Waals surface area contributed by atoms with E-state index in [1.165, 1.54) is 12.3 Å². The first-order chi connectivity index (χ1) is 12.3. The zero-order chi connectivity index (χ0) is 18.9. The average molecular weight is 372 g/mol. The summed E-state index contributed by atoms with van der Waals surface area (Å²) in [6.45, 7) is 2.51. The Bertz CT molecular complexity index is 1080. The van der Waals surface area contributed by atoms with Crippen molar-refractivity contribution < 1.29 is 18.3 Å². The van der Waals surface area contributed by atoms with E-state index in [1.54, 1.807) is 30.3 Å². The lowest BCUT2D eigenvalue weighted by Crippen LogP contribution is -2.08. The van der Waals surface area contributed by atoms with Crippen LogP contribution >= 0.6 is 0 Å². The van der Waals surface area contributed by atoms with Crippen molar-refractivity contribution in [1.82, 2.24) is 9.55 Å². The number of rotatable bonds is 6. The van der Waals surface area contributed by atoms with Crippen LogP contribution in [0.5, 0.6) is 0 Å². The van der Waals surface area contributed by atoms with Crippen LogP contribution < -0.4 is 0 Å². The van der Waals surface area contributed by atoms with Crippen LogP contribution in [-0.2, 0) is 22.8 Å². The van der Waals surface area contributed by atoms with Crippen LogP contribution in [-0.4, -0.2) is 35.3 Å². The predicted molar refractivity (Wildman–Crippen MR) is 99.3 cm³/mol. The monoisotopic (exact) mass is 372 g/mol. The fourth-order valence-electron chi connectivity index (χ4n) is 3.04. The summed E-state index contributed by atoms with van der Waals surface area (Å²) in [5.41, 5.74) is 2.63. The van der Waals surface area contributed by atoms with Gasteiger partial charge < -0.3 is 9.67 Å². The second-order valence-electron chi connectivity index (χ2n) is 6.28. The number of nitrogens with zero attached hydrogens (tertiary/aromatic N) is 2. The molecule has 0 unspecified atom stereocenters. The first kappa shape index (κ1) is 18.1. The number of benzene rings is 1. The lowest BCUT2D eigenvalue weighted by molar-refractivity contribution is 0.0690. The van der Waals surface area contributed by atoms with Crippen LogP contribution in [0.2, 0.25) is 0 Å². The molecule has 136 valence electrons. The van der Waals surface area contributed by atoms with Crippen molar-refractivity contribution in [1.29, 1.82) is 0 Å². The SMILES string of the molecule is CCCc1cc2cc(S(C)(=O)=O)ccc2n1Cc1cccc(C(=O)O)n1. The lowest BCUT2D eigenvalue weighted by atomic mass is 10.2. The van der Waals surface area contributed by atoms with Crippen molar-refractivity contribution in [3.8, 4) is 0 Å². The van der Waals surface area contributed by atoms with Gasteiger partial charge in [0.25, 0.3) is 0 Å². The van der Waals surface area contributed by atoms with Crippen LogP contribution in [0.4, 0.5) is 0 Å². The Balaban J connectivity index is 2.10. The van der Waals surface area contributed by atoms with Gasteiger partial charge in [0, 0.05) is 22.9 Å². The molecule has 26 heavy (non-hydrogen) atoms. The van der Waals surface area contributed by atoms with E-state index in [0.717, 1.165) is 29.4 Å². The molecular weight excluding hydrogens is 352 g/mol. The summed E-state index contributed by atoms with van der Waals surface area (Å²) in [5.74, 6) is -1.06. The van der Waals surface area contributed by atoms with Gasteiger partial charge >= 0.3 is 5.97 Å². The van der Waals surface area contributed by atoms with Crippen molar-refractivity contribution >= 4 is 26.7 Å².